The van der Waals surface area contributed by atoms with Crippen molar-refractivity contribution in [2.24, 2.45) is 0 Å². The monoisotopic (exact) mass is 341 g/mol. The second kappa shape index (κ2) is 8.03. The van der Waals surface area contributed by atoms with Gasteiger partial charge in [0.15, 0.2) is 0 Å². The summed E-state index contributed by atoms with van der Waals surface area (Å²) in [4.78, 5) is 16.0. The van der Waals surface area contributed by atoms with Crippen molar-refractivity contribution >= 4 is 17.4 Å². The number of likely N-dealkylation sites (N-methyl/N-ethyl adjacent to an activating group) is 1. The first kappa shape index (κ1) is 18.8. The number of hydrogen-bond acceptors (Lipinski definition) is 3. The van der Waals surface area contributed by atoms with E-state index < -0.39 is 5.60 Å². The smallest absolute Gasteiger partial charge is 0.321 e. The Labute approximate surface area is 149 Å². The maximum Gasteiger partial charge on any atom is 0.321 e. The molecule has 134 valence electrons. The highest BCUT2D eigenvalue weighted by molar-refractivity contribution is 5.93. The van der Waals surface area contributed by atoms with E-state index in [-0.39, 0.29) is 12.6 Å². The van der Waals surface area contributed by atoms with E-state index in [1.165, 1.54) is 10.5 Å². The molecule has 0 atom stereocenters. The first-order chi connectivity index (χ1) is 11.8. The van der Waals surface area contributed by atoms with Crippen LogP contribution < -0.4 is 10.2 Å². The number of nitrogens with one attached hydrogen (secondary N) is 1. The molecular weight excluding hydrogens is 314 g/mol. The van der Waals surface area contributed by atoms with Gasteiger partial charge in [0.1, 0.15) is 0 Å². The third-order valence-electron chi connectivity index (χ3n) is 3.79. The average molecular weight is 341 g/mol. The van der Waals surface area contributed by atoms with Gasteiger partial charge in [-0.3, -0.25) is 0 Å². The molecule has 0 spiro atoms. The molecule has 0 aliphatic heterocycles. The Morgan fingerprint density at radius 2 is 1.64 bits per heavy atom. The van der Waals surface area contributed by atoms with E-state index in [2.05, 4.69) is 22.3 Å². The molecular formula is C20H27N3O2. The molecule has 0 saturated carbocycles. The van der Waals surface area contributed by atoms with Crippen LogP contribution in [0.25, 0.3) is 0 Å². The van der Waals surface area contributed by atoms with Gasteiger partial charge in [-0.1, -0.05) is 42.5 Å². The number of benzene rings is 2. The molecule has 0 heterocycles. The van der Waals surface area contributed by atoms with Crippen LogP contribution in [0.3, 0.4) is 0 Å². The van der Waals surface area contributed by atoms with Gasteiger partial charge in [0.25, 0.3) is 0 Å². The molecule has 0 aliphatic rings. The summed E-state index contributed by atoms with van der Waals surface area (Å²) >= 11 is 0. The van der Waals surface area contributed by atoms with Crippen molar-refractivity contribution in [3.05, 3.63) is 60.2 Å². The summed E-state index contributed by atoms with van der Waals surface area (Å²) in [5.41, 5.74) is 1.95. The van der Waals surface area contributed by atoms with E-state index in [0.717, 1.165) is 17.9 Å². The summed E-state index contributed by atoms with van der Waals surface area (Å²) in [5, 5.41) is 12.8. The molecule has 0 aromatic heterocycles. The molecule has 0 radical (unpaired) electrons. The predicted molar refractivity (Wildman–Crippen MR) is 103 cm³/mol. The maximum absolute atomic E-state index is 12.4. The Bertz CT molecular complexity index is 696. The molecule has 5 heteroatoms. The van der Waals surface area contributed by atoms with Crippen LogP contribution >= 0.6 is 0 Å². The van der Waals surface area contributed by atoms with Crippen molar-refractivity contribution in [1.82, 2.24) is 4.90 Å². The molecule has 2 aromatic carbocycles. The minimum atomic E-state index is -0.935. The van der Waals surface area contributed by atoms with Gasteiger partial charge in [-0.05, 0) is 31.5 Å². The van der Waals surface area contributed by atoms with Gasteiger partial charge in [-0.25, -0.2) is 4.79 Å². The topological polar surface area (TPSA) is 55.8 Å². The fourth-order valence-electron chi connectivity index (χ4n) is 2.72. The number of anilines is 2. The van der Waals surface area contributed by atoms with Gasteiger partial charge in [0.05, 0.1) is 23.5 Å². The highest BCUT2D eigenvalue weighted by atomic mass is 16.3. The summed E-state index contributed by atoms with van der Waals surface area (Å²) in [6, 6.07) is 17.6. The van der Waals surface area contributed by atoms with Crippen molar-refractivity contribution in [1.29, 1.82) is 0 Å². The number of carbonyl (C=O) groups is 1. The van der Waals surface area contributed by atoms with Crippen LogP contribution in [0.2, 0.25) is 0 Å². The minimum Gasteiger partial charge on any atom is -0.389 e. The van der Waals surface area contributed by atoms with Gasteiger partial charge in [0.2, 0.25) is 0 Å². The highest BCUT2D eigenvalue weighted by Gasteiger charge is 2.20. The summed E-state index contributed by atoms with van der Waals surface area (Å²) in [5.74, 6) is 0. The van der Waals surface area contributed by atoms with Crippen LogP contribution in [0.5, 0.6) is 0 Å². The standard InChI is InChI=1S/C20H27N3O2/c1-20(2,25)15-23(4)19(24)21-17-12-8-9-13-18(17)22(3)14-16-10-6-5-7-11-16/h5-13,25H,14-15H2,1-4H3,(H,21,24). The Balaban J connectivity index is 2.11. The number of para-hydroxylation sites is 2. The number of amides is 2. The summed E-state index contributed by atoms with van der Waals surface area (Å²) < 4.78 is 0. The van der Waals surface area contributed by atoms with E-state index in [1.54, 1.807) is 20.9 Å². The van der Waals surface area contributed by atoms with Crippen LogP contribution in [0, 0.1) is 0 Å². The molecule has 0 fully saturated rings. The van der Waals surface area contributed by atoms with Gasteiger partial charge < -0.3 is 20.2 Å². The van der Waals surface area contributed by atoms with Gasteiger partial charge >= 0.3 is 6.03 Å². The Morgan fingerprint density at radius 3 is 2.28 bits per heavy atom. The quantitative estimate of drug-likeness (QED) is 0.845. The van der Waals surface area contributed by atoms with E-state index in [0.29, 0.717) is 0 Å². The largest absolute Gasteiger partial charge is 0.389 e. The molecule has 2 N–H and O–H groups in total. The van der Waals surface area contributed by atoms with Crippen LogP contribution in [0.4, 0.5) is 16.2 Å². The lowest BCUT2D eigenvalue weighted by atomic mass is 10.1. The molecule has 0 bridgehead atoms. The Kier molecular flexibility index (Phi) is 6.04. The van der Waals surface area contributed by atoms with E-state index in [9.17, 15) is 9.90 Å². The van der Waals surface area contributed by atoms with Crippen molar-refractivity contribution in [3.63, 3.8) is 0 Å². The number of rotatable bonds is 6. The van der Waals surface area contributed by atoms with Crippen molar-refractivity contribution in [3.8, 4) is 0 Å². The summed E-state index contributed by atoms with van der Waals surface area (Å²) in [6.07, 6.45) is 0. The maximum atomic E-state index is 12.4. The first-order valence-electron chi connectivity index (χ1n) is 8.35. The van der Waals surface area contributed by atoms with E-state index >= 15 is 0 Å². The minimum absolute atomic E-state index is 0.248. The molecule has 0 unspecified atom stereocenters. The van der Waals surface area contributed by atoms with Crippen LogP contribution in [-0.4, -0.2) is 42.3 Å². The van der Waals surface area contributed by atoms with Crippen LogP contribution in [0.1, 0.15) is 19.4 Å². The van der Waals surface area contributed by atoms with Crippen molar-refractivity contribution in [2.75, 3.05) is 30.9 Å². The normalized spacial score (nSPS) is 11.1. The van der Waals surface area contributed by atoms with Crippen molar-refractivity contribution in [2.45, 2.75) is 26.0 Å². The molecule has 2 amide bonds. The number of nitrogens with zero attached hydrogens (tertiary/aromatic N) is 2. The lowest BCUT2D eigenvalue weighted by molar-refractivity contribution is 0.0550. The number of urea groups is 1. The van der Waals surface area contributed by atoms with Gasteiger partial charge in [-0.2, -0.15) is 0 Å². The van der Waals surface area contributed by atoms with Crippen LogP contribution in [0.15, 0.2) is 54.6 Å². The Hall–Kier alpha value is -2.53. The number of hydrogen-bond donors (Lipinski definition) is 2. The van der Waals surface area contributed by atoms with Gasteiger partial charge in [0, 0.05) is 20.6 Å². The number of aliphatic hydroxyl groups is 1. The third-order valence-corrected chi connectivity index (χ3v) is 3.79. The Morgan fingerprint density at radius 1 is 1.04 bits per heavy atom. The third kappa shape index (κ3) is 5.80. The van der Waals surface area contributed by atoms with Crippen LogP contribution in [-0.2, 0) is 6.54 Å². The molecule has 5 nitrogen and oxygen atoms in total. The zero-order chi connectivity index (χ0) is 18.4. The van der Waals surface area contributed by atoms with E-state index in [1.807, 2.05) is 49.5 Å². The second-order valence-electron chi connectivity index (χ2n) is 6.96. The SMILES string of the molecule is CN(CC(C)(C)O)C(=O)Nc1ccccc1N(C)Cc1ccccc1. The highest BCUT2D eigenvalue weighted by Crippen LogP contribution is 2.26. The summed E-state index contributed by atoms with van der Waals surface area (Å²) in [6.45, 7) is 4.35. The first-order valence-corrected chi connectivity index (χ1v) is 8.35. The lowest BCUT2D eigenvalue weighted by Crippen LogP contribution is -2.41. The van der Waals surface area contributed by atoms with Gasteiger partial charge in [-0.15, -0.1) is 0 Å². The molecule has 2 rings (SSSR count). The second-order valence-corrected chi connectivity index (χ2v) is 6.96. The van der Waals surface area contributed by atoms with E-state index in [4.69, 9.17) is 0 Å². The average Bonchev–Trinajstić information content (AvgIpc) is 2.54. The molecule has 0 saturated heterocycles. The summed E-state index contributed by atoms with van der Waals surface area (Å²) in [7, 11) is 3.67. The number of carbonyl (C=O) groups excluding carboxylic acids is 1. The molecule has 25 heavy (non-hydrogen) atoms. The molecule has 2 aromatic rings. The molecule has 0 aliphatic carbocycles. The predicted octanol–water partition coefficient (Wildman–Crippen LogP) is 3.56. The fraction of sp³-hybridized carbons (Fsp3) is 0.350. The fourth-order valence-corrected chi connectivity index (χ4v) is 2.72. The lowest BCUT2D eigenvalue weighted by Gasteiger charge is -2.27. The zero-order valence-electron chi connectivity index (χ0n) is 15.4. The zero-order valence-corrected chi connectivity index (χ0v) is 15.4. The van der Waals surface area contributed by atoms with Crippen molar-refractivity contribution < 1.29 is 9.90 Å².